The zero-order chi connectivity index (χ0) is 28.0. The summed E-state index contributed by atoms with van der Waals surface area (Å²) in [6.07, 6.45) is 5.96. The van der Waals surface area contributed by atoms with Gasteiger partial charge < -0.3 is 19.8 Å². The van der Waals surface area contributed by atoms with Gasteiger partial charge in [-0.25, -0.2) is 4.39 Å². The molecule has 1 fully saturated rings. The summed E-state index contributed by atoms with van der Waals surface area (Å²) >= 11 is 0. The quantitative estimate of drug-likeness (QED) is 0.368. The maximum absolute atomic E-state index is 14.2. The number of aliphatic imine (C=N–C) groups is 1. The Morgan fingerprint density at radius 3 is 2.75 bits per heavy atom. The minimum atomic E-state index is -0.439. The van der Waals surface area contributed by atoms with Crippen LogP contribution in [0.15, 0.2) is 47.6 Å². The summed E-state index contributed by atoms with van der Waals surface area (Å²) in [6.45, 7) is 5.44. The molecule has 204 valence electrons. The van der Waals surface area contributed by atoms with E-state index in [4.69, 9.17) is 0 Å². The monoisotopic (exact) mass is 537 g/mol. The number of anilines is 1. The second kappa shape index (κ2) is 10.3. The standard InChI is InChI=1S/C31H32FN7O/c1-19-21(4-6-27-24(19)13-23(14-33)36-27)16-38-10-8-20(9-11-38)26-17-39(29-15-34-18-35-30(26)29)28-7-5-22(32)12-25(28)31(40)37(2)3/h4-7,12-13,15,17,20,35-36H,8-11,16,18H2,1-3H3. The molecule has 0 bridgehead atoms. The first-order valence-electron chi connectivity index (χ1n) is 13.6. The van der Waals surface area contributed by atoms with Crippen LogP contribution in [-0.2, 0) is 6.54 Å². The molecule has 1 saturated heterocycles. The number of amides is 1. The zero-order valence-electron chi connectivity index (χ0n) is 23.0. The molecular weight excluding hydrogens is 505 g/mol. The molecular formula is C31H32FN7O. The average molecular weight is 538 g/mol. The summed E-state index contributed by atoms with van der Waals surface area (Å²) in [4.78, 5) is 24.5. The molecule has 0 spiro atoms. The van der Waals surface area contributed by atoms with Gasteiger partial charge >= 0.3 is 0 Å². The van der Waals surface area contributed by atoms with E-state index in [1.807, 2.05) is 16.8 Å². The van der Waals surface area contributed by atoms with Crippen LogP contribution in [0.2, 0.25) is 0 Å². The Balaban J connectivity index is 1.25. The smallest absolute Gasteiger partial charge is 0.255 e. The summed E-state index contributed by atoms with van der Waals surface area (Å²) in [5.74, 6) is -0.333. The van der Waals surface area contributed by atoms with Crippen LogP contribution in [0.3, 0.4) is 0 Å². The molecule has 1 amide bonds. The van der Waals surface area contributed by atoms with Gasteiger partial charge in [0.15, 0.2) is 0 Å². The van der Waals surface area contributed by atoms with Crippen molar-refractivity contribution in [1.82, 2.24) is 19.4 Å². The summed E-state index contributed by atoms with van der Waals surface area (Å²) < 4.78 is 16.2. The van der Waals surface area contributed by atoms with Gasteiger partial charge in [-0.15, -0.1) is 0 Å². The maximum atomic E-state index is 14.2. The lowest BCUT2D eigenvalue weighted by Gasteiger charge is -2.32. The number of piperidine rings is 1. The fraction of sp³-hybridized carbons (Fsp3) is 0.323. The number of benzene rings is 2. The van der Waals surface area contributed by atoms with Gasteiger partial charge in [0, 0.05) is 44.0 Å². The third kappa shape index (κ3) is 4.54. The van der Waals surface area contributed by atoms with Crippen LogP contribution in [0, 0.1) is 24.1 Å². The Bertz CT molecular complexity index is 1680. The molecule has 2 aliphatic heterocycles. The highest BCUT2D eigenvalue weighted by Gasteiger charge is 2.29. The fourth-order valence-electron chi connectivity index (χ4n) is 6.03. The van der Waals surface area contributed by atoms with Crippen molar-refractivity contribution in [3.63, 3.8) is 0 Å². The van der Waals surface area contributed by atoms with Crippen molar-refractivity contribution in [3.8, 4) is 11.8 Å². The van der Waals surface area contributed by atoms with E-state index in [1.165, 1.54) is 33.7 Å². The van der Waals surface area contributed by atoms with Gasteiger partial charge in [0.1, 0.15) is 24.2 Å². The first-order chi connectivity index (χ1) is 19.3. The van der Waals surface area contributed by atoms with Crippen LogP contribution in [0.25, 0.3) is 16.6 Å². The SMILES string of the molecule is Cc1c(CN2CCC(c3cn(-c4ccc(F)cc4C(=O)N(C)C)c4c3NCN=C4)CC2)ccc2[nH]c(C#N)cc12. The first kappa shape index (κ1) is 25.8. The second-order valence-corrected chi connectivity index (χ2v) is 10.9. The summed E-state index contributed by atoms with van der Waals surface area (Å²) in [5.41, 5.74) is 8.19. The van der Waals surface area contributed by atoms with Crippen LogP contribution in [-0.4, -0.2) is 65.3 Å². The van der Waals surface area contributed by atoms with E-state index in [1.54, 1.807) is 20.2 Å². The molecule has 0 saturated carbocycles. The Hall–Kier alpha value is -4.42. The Morgan fingerprint density at radius 2 is 2.00 bits per heavy atom. The molecule has 9 heteroatoms. The number of aromatic amines is 1. The third-order valence-electron chi connectivity index (χ3n) is 8.21. The number of rotatable bonds is 5. The molecule has 4 aromatic rings. The maximum Gasteiger partial charge on any atom is 0.255 e. The summed E-state index contributed by atoms with van der Waals surface area (Å²) in [7, 11) is 3.34. The molecule has 2 N–H and O–H groups in total. The number of likely N-dealkylation sites (tertiary alicyclic amines) is 1. The minimum Gasteiger partial charge on any atom is -0.364 e. The van der Waals surface area contributed by atoms with E-state index in [0.29, 0.717) is 29.5 Å². The Morgan fingerprint density at radius 1 is 1.20 bits per heavy atom. The van der Waals surface area contributed by atoms with Gasteiger partial charge in [0.05, 0.1) is 22.6 Å². The van der Waals surface area contributed by atoms with E-state index in [-0.39, 0.29) is 5.91 Å². The number of nitrogens with one attached hydrogen (secondary N) is 2. The highest BCUT2D eigenvalue weighted by atomic mass is 19.1. The number of fused-ring (bicyclic) bond motifs is 2. The third-order valence-corrected chi connectivity index (χ3v) is 8.21. The van der Waals surface area contributed by atoms with Gasteiger partial charge in [-0.3, -0.25) is 14.7 Å². The number of nitriles is 1. The van der Waals surface area contributed by atoms with E-state index in [9.17, 15) is 14.4 Å². The predicted molar refractivity (Wildman–Crippen MR) is 155 cm³/mol. The lowest BCUT2D eigenvalue weighted by molar-refractivity contribution is 0.0827. The van der Waals surface area contributed by atoms with Crippen molar-refractivity contribution in [2.45, 2.75) is 32.2 Å². The molecule has 2 aromatic carbocycles. The Kier molecular flexibility index (Phi) is 6.64. The van der Waals surface area contributed by atoms with Crippen molar-refractivity contribution in [2.24, 2.45) is 4.99 Å². The molecule has 0 radical (unpaired) electrons. The molecule has 40 heavy (non-hydrogen) atoms. The largest absolute Gasteiger partial charge is 0.364 e. The highest BCUT2D eigenvalue weighted by Crippen LogP contribution is 2.39. The van der Waals surface area contributed by atoms with E-state index in [2.05, 4.69) is 51.5 Å². The van der Waals surface area contributed by atoms with Gasteiger partial charge in [0.25, 0.3) is 5.91 Å². The number of nitrogens with zero attached hydrogens (tertiary/aromatic N) is 5. The number of aromatic nitrogens is 2. The number of aryl methyl sites for hydroxylation is 1. The molecule has 0 aliphatic carbocycles. The van der Waals surface area contributed by atoms with Crippen LogP contribution in [0.5, 0.6) is 0 Å². The van der Waals surface area contributed by atoms with Crippen LogP contribution in [0.1, 0.15) is 57.2 Å². The van der Waals surface area contributed by atoms with Gasteiger partial charge in [-0.1, -0.05) is 6.07 Å². The van der Waals surface area contributed by atoms with Crippen LogP contribution in [0.4, 0.5) is 10.1 Å². The highest BCUT2D eigenvalue weighted by molar-refractivity contribution is 5.99. The molecule has 6 rings (SSSR count). The molecule has 2 aliphatic rings. The van der Waals surface area contributed by atoms with Gasteiger partial charge in [-0.05, 0) is 85.8 Å². The molecule has 0 unspecified atom stereocenters. The number of halogens is 1. The number of carbonyl (C=O) groups is 1. The van der Waals surface area contributed by atoms with Gasteiger partial charge in [0.2, 0.25) is 0 Å². The number of H-pyrrole nitrogens is 1. The van der Waals surface area contributed by atoms with Crippen molar-refractivity contribution >= 4 is 28.7 Å². The van der Waals surface area contributed by atoms with Crippen molar-refractivity contribution in [1.29, 1.82) is 5.26 Å². The van der Waals surface area contributed by atoms with Crippen molar-refractivity contribution in [3.05, 3.63) is 82.1 Å². The molecule has 4 heterocycles. The number of hydrogen-bond donors (Lipinski definition) is 2. The fourth-order valence-corrected chi connectivity index (χ4v) is 6.03. The topological polar surface area (TPSA) is 92.4 Å². The first-order valence-corrected chi connectivity index (χ1v) is 13.6. The Labute approximate surface area is 232 Å². The minimum absolute atomic E-state index is 0.246. The van der Waals surface area contributed by atoms with E-state index in [0.717, 1.165) is 54.8 Å². The van der Waals surface area contributed by atoms with E-state index < -0.39 is 5.82 Å². The van der Waals surface area contributed by atoms with Crippen molar-refractivity contribution in [2.75, 3.05) is 39.2 Å². The van der Waals surface area contributed by atoms with Crippen LogP contribution >= 0.6 is 0 Å². The molecule has 2 aromatic heterocycles. The van der Waals surface area contributed by atoms with Crippen molar-refractivity contribution < 1.29 is 9.18 Å². The summed E-state index contributed by atoms with van der Waals surface area (Å²) in [5, 5.41) is 13.8. The lowest BCUT2D eigenvalue weighted by Crippen LogP contribution is -2.32. The molecule has 0 atom stereocenters. The average Bonchev–Trinajstić information content (AvgIpc) is 3.57. The summed E-state index contributed by atoms with van der Waals surface area (Å²) in [6, 6.07) is 12.7. The van der Waals surface area contributed by atoms with Crippen LogP contribution < -0.4 is 5.32 Å². The normalized spacial score (nSPS) is 15.6. The number of hydrogen-bond acceptors (Lipinski definition) is 5. The molecule has 8 nitrogen and oxygen atoms in total. The van der Waals surface area contributed by atoms with Gasteiger partial charge in [-0.2, -0.15) is 5.26 Å². The second-order valence-electron chi connectivity index (χ2n) is 10.9. The number of carbonyl (C=O) groups excluding carboxylic acids is 1. The predicted octanol–water partition coefficient (Wildman–Crippen LogP) is 5.16. The zero-order valence-corrected chi connectivity index (χ0v) is 23.0. The lowest BCUT2D eigenvalue weighted by atomic mass is 9.89. The van der Waals surface area contributed by atoms with E-state index >= 15 is 0 Å².